The fourth-order valence-corrected chi connectivity index (χ4v) is 3.67. The molecule has 2 saturated heterocycles. The van der Waals surface area contributed by atoms with Crippen molar-refractivity contribution >= 4 is 17.8 Å². The van der Waals surface area contributed by atoms with Crippen LogP contribution in [0.4, 0.5) is 13.6 Å². The molecule has 0 saturated carbocycles. The molecule has 2 aliphatic rings. The Kier molecular flexibility index (Phi) is 4.83. The van der Waals surface area contributed by atoms with Crippen molar-refractivity contribution < 1.29 is 18.3 Å². The van der Waals surface area contributed by atoms with Crippen molar-refractivity contribution in [3.63, 3.8) is 0 Å². The Balaban J connectivity index is 1.67. The first kappa shape index (κ1) is 15.6. The summed E-state index contributed by atoms with van der Waals surface area (Å²) >= 11 is 1.84. The van der Waals surface area contributed by atoms with Gasteiger partial charge in [0.1, 0.15) is 6.10 Å². The lowest BCUT2D eigenvalue weighted by atomic mass is 10.0. The quantitative estimate of drug-likeness (QED) is 0.907. The van der Waals surface area contributed by atoms with Crippen molar-refractivity contribution in [2.24, 2.45) is 0 Å². The Hall–Kier alpha value is -1.34. The summed E-state index contributed by atoms with van der Waals surface area (Å²) in [6, 6.07) is 3.41. The van der Waals surface area contributed by atoms with Crippen LogP contribution in [0.5, 0.6) is 0 Å². The van der Waals surface area contributed by atoms with Gasteiger partial charge in [0, 0.05) is 31.2 Å². The minimum Gasteiger partial charge on any atom is -0.371 e. The number of carbonyl (C=O) groups is 1. The van der Waals surface area contributed by atoms with E-state index in [2.05, 4.69) is 5.32 Å². The van der Waals surface area contributed by atoms with Gasteiger partial charge >= 0.3 is 6.03 Å². The Morgan fingerprint density at radius 1 is 1.27 bits per heavy atom. The van der Waals surface area contributed by atoms with E-state index in [1.165, 1.54) is 6.07 Å². The highest BCUT2D eigenvalue weighted by molar-refractivity contribution is 7.99. The Morgan fingerprint density at radius 3 is 2.77 bits per heavy atom. The van der Waals surface area contributed by atoms with Crippen molar-refractivity contribution in [1.82, 2.24) is 10.2 Å². The number of urea groups is 1. The number of carbonyl (C=O) groups excluding carboxylic acids is 1. The number of hydrogen-bond donors (Lipinski definition) is 1. The number of amides is 2. The Labute approximate surface area is 132 Å². The molecule has 1 N–H and O–H groups in total. The molecule has 2 amide bonds. The molecule has 2 heterocycles. The summed E-state index contributed by atoms with van der Waals surface area (Å²) in [5.41, 5.74) is 0.552. The van der Waals surface area contributed by atoms with Crippen molar-refractivity contribution in [3.05, 3.63) is 35.4 Å². The van der Waals surface area contributed by atoms with Crippen LogP contribution in [0.3, 0.4) is 0 Å². The van der Waals surface area contributed by atoms with Crippen molar-refractivity contribution in [1.29, 1.82) is 0 Å². The van der Waals surface area contributed by atoms with E-state index < -0.39 is 17.7 Å². The third-order valence-electron chi connectivity index (χ3n) is 3.97. The number of thioether (sulfide) groups is 1. The molecule has 7 heteroatoms. The zero-order valence-corrected chi connectivity index (χ0v) is 12.9. The molecule has 0 radical (unpaired) electrons. The molecule has 0 aliphatic carbocycles. The van der Waals surface area contributed by atoms with Crippen LogP contribution in [-0.4, -0.2) is 48.2 Å². The number of halogens is 2. The smallest absolute Gasteiger partial charge is 0.317 e. The summed E-state index contributed by atoms with van der Waals surface area (Å²) in [5, 5.41) is 2.97. The van der Waals surface area contributed by atoms with Gasteiger partial charge in [-0.2, -0.15) is 11.8 Å². The average Bonchev–Trinajstić information content (AvgIpc) is 2.99. The lowest BCUT2D eigenvalue weighted by Crippen LogP contribution is -2.48. The normalized spacial score (nSPS) is 25.3. The molecule has 2 atom stereocenters. The van der Waals surface area contributed by atoms with E-state index in [-0.39, 0.29) is 12.1 Å². The second-order valence-corrected chi connectivity index (χ2v) is 6.63. The van der Waals surface area contributed by atoms with E-state index in [4.69, 9.17) is 4.74 Å². The molecule has 0 spiro atoms. The van der Waals surface area contributed by atoms with Crippen LogP contribution in [0.2, 0.25) is 0 Å². The largest absolute Gasteiger partial charge is 0.371 e. The van der Waals surface area contributed by atoms with E-state index in [1.807, 2.05) is 11.8 Å². The predicted octanol–water partition coefficient (Wildman–Crippen LogP) is 2.55. The van der Waals surface area contributed by atoms with Gasteiger partial charge in [0.2, 0.25) is 0 Å². The van der Waals surface area contributed by atoms with Gasteiger partial charge in [-0.1, -0.05) is 6.07 Å². The van der Waals surface area contributed by atoms with E-state index in [9.17, 15) is 13.6 Å². The molecule has 120 valence electrons. The van der Waals surface area contributed by atoms with Gasteiger partial charge in [-0.25, -0.2) is 13.6 Å². The summed E-state index contributed by atoms with van der Waals surface area (Å²) in [6.07, 6.45) is 0.232. The topological polar surface area (TPSA) is 41.6 Å². The monoisotopic (exact) mass is 328 g/mol. The first-order chi connectivity index (χ1) is 10.6. The van der Waals surface area contributed by atoms with Crippen LogP contribution in [0, 0.1) is 11.6 Å². The Bertz CT molecular complexity index is 552. The highest BCUT2D eigenvalue weighted by Crippen LogP contribution is 2.30. The van der Waals surface area contributed by atoms with Gasteiger partial charge in [-0.05, 0) is 24.1 Å². The zero-order valence-electron chi connectivity index (χ0n) is 12.1. The standard InChI is InChI=1S/C15H18F2N2O2S/c16-11-2-1-10(9-12(11)17)14-13(3-6-21-14)18-15(20)19-4-7-22-8-5-19/h1-2,9,13-14H,3-8H2,(H,18,20)/t13-,14+/m0/s1. The number of ether oxygens (including phenoxy) is 1. The highest BCUT2D eigenvalue weighted by atomic mass is 32.2. The molecule has 0 aromatic heterocycles. The van der Waals surface area contributed by atoms with Crippen molar-refractivity contribution in [3.8, 4) is 0 Å². The zero-order chi connectivity index (χ0) is 15.5. The number of benzene rings is 1. The average molecular weight is 328 g/mol. The molecule has 4 nitrogen and oxygen atoms in total. The van der Waals surface area contributed by atoms with E-state index in [0.29, 0.717) is 18.6 Å². The van der Waals surface area contributed by atoms with Gasteiger partial charge < -0.3 is 15.0 Å². The molecular weight excluding hydrogens is 310 g/mol. The van der Waals surface area contributed by atoms with Crippen LogP contribution < -0.4 is 5.32 Å². The summed E-state index contributed by atoms with van der Waals surface area (Å²) < 4.78 is 32.0. The van der Waals surface area contributed by atoms with E-state index in [1.54, 1.807) is 4.90 Å². The molecule has 0 bridgehead atoms. The molecule has 2 fully saturated rings. The first-order valence-corrected chi connectivity index (χ1v) is 8.50. The predicted molar refractivity (Wildman–Crippen MR) is 80.9 cm³/mol. The molecule has 3 rings (SSSR count). The number of nitrogens with one attached hydrogen (secondary N) is 1. The lowest BCUT2D eigenvalue weighted by molar-refractivity contribution is 0.0979. The maximum atomic E-state index is 13.4. The summed E-state index contributed by atoms with van der Waals surface area (Å²) in [6.45, 7) is 1.96. The third kappa shape index (κ3) is 3.35. The van der Waals surface area contributed by atoms with E-state index >= 15 is 0 Å². The minimum atomic E-state index is -0.897. The van der Waals surface area contributed by atoms with Crippen molar-refractivity contribution in [2.75, 3.05) is 31.2 Å². The second-order valence-electron chi connectivity index (χ2n) is 5.41. The van der Waals surface area contributed by atoms with Gasteiger partial charge in [-0.15, -0.1) is 0 Å². The lowest BCUT2D eigenvalue weighted by Gasteiger charge is -2.29. The molecule has 1 aromatic carbocycles. The maximum Gasteiger partial charge on any atom is 0.317 e. The second kappa shape index (κ2) is 6.83. The van der Waals surface area contributed by atoms with Gasteiger partial charge in [0.25, 0.3) is 0 Å². The fraction of sp³-hybridized carbons (Fsp3) is 0.533. The van der Waals surface area contributed by atoms with Gasteiger partial charge in [0.05, 0.1) is 6.04 Å². The number of rotatable bonds is 2. The van der Waals surface area contributed by atoms with Crippen molar-refractivity contribution in [2.45, 2.75) is 18.6 Å². The number of hydrogen-bond acceptors (Lipinski definition) is 3. The molecule has 2 aliphatic heterocycles. The van der Waals surface area contributed by atoms with E-state index in [0.717, 1.165) is 36.7 Å². The summed E-state index contributed by atoms with van der Waals surface area (Å²) in [4.78, 5) is 14.1. The van der Waals surface area contributed by atoms with Crippen LogP contribution in [0.25, 0.3) is 0 Å². The minimum absolute atomic E-state index is 0.108. The maximum absolute atomic E-state index is 13.4. The van der Waals surface area contributed by atoms with Crippen LogP contribution in [-0.2, 0) is 4.74 Å². The fourth-order valence-electron chi connectivity index (χ4n) is 2.77. The first-order valence-electron chi connectivity index (χ1n) is 7.35. The molecule has 22 heavy (non-hydrogen) atoms. The van der Waals surface area contributed by atoms with Crippen LogP contribution >= 0.6 is 11.8 Å². The third-order valence-corrected chi connectivity index (χ3v) is 4.91. The van der Waals surface area contributed by atoms with Crippen LogP contribution in [0.1, 0.15) is 18.1 Å². The van der Waals surface area contributed by atoms with Crippen LogP contribution in [0.15, 0.2) is 18.2 Å². The highest BCUT2D eigenvalue weighted by Gasteiger charge is 2.32. The SMILES string of the molecule is O=C(N[C@H]1CCO[C@@H]1c1ccc(F)c(F)c1)N1CCSCC1. The number of nitrogens with zero attached hydrogens (tertiary/aromatic N) is 1. The molecule has 1 aromatic rings. The Morgan fingerprint density at radius 2 is 2.05 bits per heavy atom. The van der Waals surface area contributed by atoms with Gasteiger partial charge in [-0.3, -0.25) is 0 Å². The van der Waals surface area contributed by atoms with Gasteiger partial charge in [0.15, 0.2) is 11.6 Å². The summed E-state index contributed by atoms with van der Waals surface area (Å²) in [5.74, 6) is 0.113. The molecular formula is C15H18F2N2O2S. The molecule has 0 unspecified atom stereocenters. The summed E-state index contributed by atoms with van der Waals surface area (Å²) in [7, 11) is 0.